The Bertz CT molecular complexity index is 477. The monoisotopic (exact) mass is 278 g/mol. The standard InChI is InChI=1S/C15H19ClN2O/c16-13-6-5-12(15(19)18-9-3-4-10-18)11-14(13)17-7-1-2-8-17/h5-6,11H,1-4,7-10H2. The molecule has 0 spiro atoms. The molecule has 3 rings (SSSR count). The first-order chi connectivity index (χ1) is 9.25. The largest absolute Gasteiger partial charge is 0.370 e. The van der Waals surface area contributed by atoms with Crippen molar-refractivity contribution in [2.24, 2.45) is 0 Å². The average molecular weight is 279 g/mol. The average Bonchev–Trinajstić information content (AvgIpc) is 3.12. The molecule has 2 aliphatic heterocycles. The molecular weight excluding hydrogens is 260 g/mol. The zero-order valence-electron chi connectivity index (χ0n) is 11.1. The molecule has 19 heavy (non-hydrogen) atoms. The number of amides is 1. The van der Waals surface area contributed by atoms with Crippen molar-refractivity contribution in [3.05, 3.63) is 28.8 Å². The van der Waals surface area contributed by atoms with Gasteiger partial charge in [-0.1, -0.05) is 11.6 Å². The van der Waals surface area contributed by atoms with Gasteiger partial charge in [0.1, 0.15) is 0 Å². The Kier molecular flexibility index (Phi) is 3.65. The predicted octanol–water partition coefficient (Wildman–Crippen LogP) is 3.18. The second-order valence-corrected chi connectivity index (χ2v) is 5.77. The highest BCUT2D eigenvalue weighted by Gasteiger charge is 2.22. The van der Waals surface area contributed by atoms with Crippen LogP contribution in [0.5, 0.6) is 0 Å². The van der Waals surface area contributed by atoms with Crippen LogP contribution < -0.4 is 4.90 Å². The van der Waals surface area contributed by atoms with Gasteiger partial charge in [-0.15, -0.1) is 0 Å². The van der Waals surface area contributed by atoms with E-state index in [-0.39, 0.29) is 5.91 Å². The summed E-state index contributed by atoms with van der Waals surface area (Å²) in [5.74, 6) is 0.148. The van der Waals surface area contributed by atoms with Gasteiger partial charge >= 0.3 is 0 Å². The molecule has 0 saturated carbocycles. The molecule has 2 fully saturated rings. The fraction of sp³-hybridized carbons (Fsp3) is 0.533. The van der Waals surface area contributed by atoms with Gasteiger partial charge in [0.05, 0.1) is 10.7 Å². The molecule has 2 heterocycles. The molecule has 0 atom stereocenters. The normalized spacial score (nSPS) is 19.2. The smallest absolute Gasteiger partial charge is 0.253 e. The zero-order chi connectivity index (χ0) is 13.2. The molecule has 0 N–H and O–H groups in total. The molecular formula is C15H19ClN2O. The summed E-state index contributed by atoms with van der Waals surface area (Å²) >= 11 is 6.27. The van der Waals surface area contributed by atoms with Crippen LogP contribution in [-0.2, 0) is 0 Å². The third-order valence-corrected chi connectivity index (χ3v) is 4.35. The van der Waals surface area contributed by atoms with E-state index in [1.165, 1.54) is 12.8 Å². The molecule has 0 unspecified atom stereocenters. The molecule has 0 aromatic heterocycles. The van der Waals surface area contributed by atoms with E-state index in [9.17, 15) is 4.79 Å². The van der Waals surface area contributed by atoms with E-state index in [0.717, 1.165) is 55.3 Å². The van der Waals surface area contributed by atoms with Gasteiger partial charge in [-0.25, -0.2) is 0 Å². The molecule has 1 aromatic carbocycles. The van der Waals surface area contributed by atoms with E-state index in [4.69, 9.17) is 11.6 Å². The first-order valence-electron chi connectivity index (χ1n) is 7.09. The number of likely N-dealkylation sites (tertiary alicyclic amines) is 1. The summed E-state index contributed by atoms with van der Waals surface area (Å²) in [6.07, 6.45) is 4.66. The first-order valence-corrected chi connectivity index (χ1v) is 7.47. The third kappa shape index (κ3) is 2.57. The SMILES string of the molecule is O=C(c1ccc(Cl)c(N2CCCC2)c1)N1CCCC1. The first kappa shape index (κ1) is 12.8. The van der Waals surface area contributed by atoms with Crippen LogP contribution in [-0.4, -0.2) is 37.0 Å². The lowest BCUT2D eigenvalue weighted by molar-refractivity contribution is 0.0793. The van der Waals surface area contributed by atoms with Gasteiger partial charge < -0.3 is 9.80 Å². The maximum absolute atomic E-state index is 12.4. The van der Waals surface area contributed by atoms with Gasteiger partial charge in [0.2, 0.25) is 0 Å². The minimum Gasteiger partial charge on any atom is -0.370 e. The lowest BCUT2D eigenvalue weighted by atomic mass is 10.1. The van der Waals surface area contributed by atoms with E-state index in [1.807, 2.05) is 23.1 Å². The van der Waals surface area contributed by atoms with Gasteiger partial charge in [0.25, 0.3) is 5.91 Å². The van der Waals surface area contributed by atoms with Crippen molar-refractivity contribution in [2.75, 3.05) is 31.1 Å². The summed E-state index contributed by atoms with van der Waals surface area (Å²) in [5, 5.41) is 0.750. The van der Waals surface area contributed by atoms with Gasteiger partial charge in [0, 0.05) is 31.7 Å². The van der Waals surface area contributed by atoms with Crippen LogP contribution in [0, 0.1) is 0 Å². The Balaban J connectivity index is 1.85. The Morgan fingerprint density at radius 3 is 2.32 bits per heavy atom. The van der Waals surface area contributed by atoms with Crippen LogP contribution in [0.4, 0.5) is 5.69 Å². The number of benzene rings is 1. The fourth-order valence-corrected chi connectivity index (χ4v) is 3.19. The van der Waals surface area contributed by atoms with E-state index in [1.54, 1.807) is 0 Å². The van der Waals surface area contributed by atoms with Crippen molar-refractivity contribution in [3.63, 3.8) is 0 Å². The zero-order valence-corrected chi connectivity index (χ0v) is 11.8. The highest BCUT2D eigenvalue weighted by molar-refractivity contribution is 6.33. The highest BCUT2D eigenvalue weighted by Crippen LogP contribution is 2.30. The Morgan fingerprint density at radius 1 is 1.00 bits per heavy atom. The summed E-state index contributed by atoms with van der Waals surface area (Å²) < 4.78 is 0. The summed E-state index contributed by atoms with van der Waals surface area (Å²) in [7, 11) is 0. The van der Waals surface area contributed by atoms with Crippen molar-refractivity contribution in [3.8, 4) is 0 Å². The number of rotatable bonds is 2. The molecule has 2 saturated heterocycles. The minimum atomic E-state index is 0.148. The molecule has 1 amide bonds. The third-order valence-electron chi connectivity index (χ3n) is 4.03. The van der Waals surface area contributed by atoms with E-state index in [2.05, 4.69) is 4.90 Å². The number of nitrogens with zero attached hydrogens (tertiary/aromatic N) is 2. The van der Waals surface area contributed by atoms with Crippen LogP contribution in [0.15, 0.2) is 18.2 Å². The van der Waals surface area contributed by atoms with Gasteiger partial charge in [-0.05, 0) is 43.9 Å². The van der Waals surface area contributed by atoms with Crippen LogP contribution in [0.3, 0.4) is 0 Å². The van der Waals surface area contributed by atoms with Crippen molar-refractivity contribution in [1.82, 2.24) is 4.90 Å². The Morgan fingerprint density at radius 2 is 1.63 bits per heavy atom. The highest BCUT2D eigenvalue weighted by atomic mass is 35.5. The molecule has 0 radical (unpaired) electrons. The predicted molar refractivity (Wildman–Crippen MR) is 78.0 cm³/mol. The fourth-order valence-electron chi connectivity index (χ4n) is 2.95. The maximum atomic E-state index is 12.4. The number of hydrogen-bond acceptors (Lipinski definition) is 2. The quantitative estimate of drug-likeness (QED) is 0.830. The molecule has 0 aliphatic carbocycles. The van der Waals surface area contributed by atoms with Crippen molar-refractivity contribution >= 4 is 23.2 Å². The maximum Gasteiger partial charge on any atom is 0.253 e. The topological polar surface area (TPSA) is 23.6 Å². The van der Waals surface area contributed by atoms with Crippen molar-refractivity contribution in [1.29, 1.82) is 0 Å². The lowest BCUT2D eigenvalue weighted by Crippen LogP contribution is -2.28. The number of carbonyl (C=O) groups is 1. The summed E-state index contributed by atoms with van der Waals surface area (Å²) in [5.41, 5.74) is 1.79. The van der Waals surface area contributed by atoms with E-state index < -0.39 is 0 Å². The summed E-state index contributed by atoms with van der Waals surface area (Å²) in [6, 6.07) is 5.68. The second kappa shape index (κ2) is 5.41. The van der Waals surface area contributed by atoms with E-state index >= 15 is 0 Å². The molecule has 4 heteroatoms. The van der Waals surface area contributed by atoms with Gasteiger partial charge in [-0.3, -0.25) is 4.79 Å². The van der Waals surface area contributed by atoms with Crippen LogP contribution in [0.25, 0.3) is 0 Å². The summed E-state index contributed by atoms with van der Waals surface area (Å²) in [4.78, 5) is 16.6. The molecule has 0 bridgehead atoms. The van der Waals surface area contributed by atoms with Crippen LogP contribution in [0.2, 0.25) is 5.02 Å². The number of anilines is 1. The minimum absolute atomic E-state index is 0.148. The van der Waals surface area contributed by atoms with Gasteiger partial charge in [-0.2, -0.15) is 0 Å². The lowest BCUT2D eigenvalue weighted by Gasteiger charge is -2.21. The van der Waals surface area contributed by atoms with Crippen LogP contribution in [0.1, 0.15) is 36.0 Å². The van der Waals surface area contributed by atoms with Crippen molar-refractivity contribution < 1.29 is 4.79 Å². The molecule has 3 nitrogen and oxygen atoms in total. The summed E-state index contributed by atoms with van der Waals surface area (Å²) in [6.45, 7) is 3.86. The van der Waals surface area contributed by atoms with E-state index in [0.29, 0.717) is 0 Å². The number of halogens is 1. The molecule has 2 aliphatic rings. The van der Waals surface area contributed by atoms with Crippen LogP contribution >= 0.6 is 11.6 Å². The molecule has 1 aromatic rings. The Hall–Kier alpha value is -1.22. The van der Waals surface area contributed by atoms with Crippen molar-refractivity contribution in [2.45, 2.75) is 25.7 Å². The number of carbonyl (C=O) groups excluding carboxylic acids is 1. The second-order valence-electron chi connectivity index (χ2n) is 5.36. The number of hydrogen-bond donors (Lipinski definition) is 0. The molecule has 102 valence electrons. The van der Waals surface area contributed by atoms with Gasteiger partial charge in [0.15, 0.2) is 0 Å². The Labute approximate surface area is 119 Å².